The normalized spacial score (nSPS) is 17.4. The van der Waals surface area contributed by atoms with Crippen LogP contribution in [0.25, 0.3) is 0 Å². The monoisotopic (exact) mass is 116 g/mol. The third-order valence-corrected chi connectivity index (χ3v) is 1.33. The molecule has 2 heteroatoms. The second-order valence-corrected chi connectivity index (χ2v) is 1.94. The van der Waals surface area contributed by atoms with Gasteiger partial charge in [-0.1, -0.05) is 6.92 Å². The molecule has 0 aromatic rings. The maximum atomic E-state index is 10.0. The number of methoxy groups -OCH3 is 1. The maximum absolute atomic E-state index is 10.0. The second-order valence-electron chi connectivity index (χ2n) is 1.94. The summed E-state index contributed by atoms with van der Waals surface area (Å²) in [7, 11) is 1.60. The number of rotatable bonds is 3. The molecule has 0 aromatic carbocycles. The predicted molar refractivity (Wildman–Crippen MR) is 31.7 cm³/mol. The van der Waals surface area contributed by atoms with Crippen LogP contribution in [-0.4, -0.2) is 19.5 Å². The fraction of sp³-hybridized carbons (Fsp3) is 0.833. The number of carbonyl (C=O) groups excluding carboxylic acids is 1. The Morgan fingerprint density at radius 3 is 2.12 bits per heavy atom. The van der Waals surface area contributed by atoms with E-state index in [9.17, 15) is 4.79 Å². The minimum absolute atomic E-state index is 0.0139. The first kappa shape index (κ1) is 7.63. The minimum Gasteiger partial charge on any atom is -0.381 e. The molecule has 0 saturated heterocycles. The molecule has 48 valence electrons. The van der Waals surface area contributed by atoms with Gasteiger partial charge in [0.25, 0.3) is 0 Å². The summed E-state index contributed by atoms with van der Waals surface area (Å²) in [6.45, 7) is 3.71. The molecule has 2 atom stereocenters. The average molecular weight is 116 g/mol. The summed E-state index contributed by atoms with van der Waals surface area (Å²) in [6, 6.07) is 0. The van der Waals surface area contributed by atoms with Gasteiger partial charge in [0.05, 0.1) is 6.10 Å². The van der Waals surface area contributed by atoms with Gasteiger partial charge in [-0.05, 0) is 6.92 Å². The smallest absolute Gasteiger partial charge is 0.125 e. The van der Waals surface area contributed by atoms with Gasteiger partial charge in [0.1, 0.15) is 6.29 Å². The van der Waals surface area contributed by atoms with E-state index in [2.05, 4.69) is 0 Å². The van der Waals surface area contributed by atoms with E-state index in [0.29, 0.717) is 0 Å². The second kappa shape index (κ2) is 3.61. The van der Waals surface area contributed by atoms with Crippen LogP contribution in [0.2, 0.25) is 0 Å². The highest BCUT2D eigenvalue weighted by Gasteiger charge is 2.07. The topological polar surface area (TPSA) is 26.3 Å². The first-order valence-electron chi connectivity index (χ1n) is 2.70. The Hall–Kier alpha value is -0.370. The Balaban J connectivity index is 3.44. The zero-order valence-electron chi connectivity index (χ0n) is 5.55. The zero-order valence-corrected chi connectivity index (χ0v) is 5.55. The largest absolute Gasteiger partial charge is 0.381 e. The highest BCUT2D eigenvalue weighted by Crippen LogP contribution is 2.00. The van der Waals surface area contributed by atoms with Gasteiger partial charge < -0.3 is 9.53 Å². The van der Waals surface area contributed by atoms with Crippen LogP contribution in [0.4, 0.5) is 0 Å². The van der Waals surface area contributed by atoms with E-state index in [1.54, 1.807) is 7.11 Å². The molecule has 0 heterocycles. The van der Waals surface area contributed by atoms with Crippen LogP contribution in [0.1, 0.15) is 13.8 Å². The van der Waals surface area contributed by atoms with Crippen molar-refractivity contribution in [2.75, 3.05) is 7.11 Å². The Labute approximate surface area is 49.8 Å². The van der Waals surface area contributed by atoms with Gasteiger partial charge in [-0.25, -0.2) is 0 Å². The Bertz CT molecular complexity index is 70.9. The molecule has 0 N–H and O–H groups in total. The molecular weight excluding hydrogens is 104 g/mol. The van der Waals surface area contributed by atoms with Crippen molar-refractivity contribution in [3.8, 4) is 0 Å². The fourth-order valence-electron chi connectivity index (χ4n) is 0.325. The van der Waals surface area contributed by atoms with Gasteiger partial charge in [0.2, 0.25) is 0 Å². The highest BCUT2D eigenvalue weighted by atomic mass is 16.5. The van der Waals surface area contributed by atoms with E-state index in [4.69, 9.17) is 4.74 Å². The lowest BCUT2D eigenvalue weighted by molar-refractivity contribution is -0.113. The van der Waals surface area contributed by atoms with Gasteiger partial charge in [-0.15, -0.1) is 0 Å². The van der Waals surface area contributed by atoms with E-state index in [1.165, 1.54) is 0 Å². The van der Waals surface area contributed by atoms with Crippen LogP contribution in [0.15, 0.2) is 0 Å². The standard InChI is InChI=1S/C6H12O2/c1-5(4-7)6(2)8-3/h4-6H,1-3H3/t5-,6+/m0/s1. The quantitative estimate of drug-likeness (QED) is 0.511. The molecule has 0 unspecified atom stereocenters. The van der Waals surface area contributed by atoms with E-state index in [1.807, 2.05) is 13.8 Å². The lowest BCUT2D eigenvalue weighted by atomic mass is 10.1. The molecule has 8 heavy (non-hydrogen) atoms. The van der Waals surface area contributed by atoms with Crippen LogP contribution in [0, 0.1) is 5.92 Å². The zero-order chi connectivity index (χ0) is 6.57. The summed E-state index contributed by atoms with van der Waals surface area (Å²) in [5.74, 6) is 0.0139. The van der Waals surface area contributed by atoms with Gasteiger partial charge in [0.15, 0.2) is 0 Å². The van der Waals surface area contributed by atoms with Gasteiger partial charge in [0, 0.05) is 13.0 Å². The SMILES string of the molecule is CO[C@H](C)[C@@H](C)C=O. The first-order valence-corrected chi connectivity index (χ1v) is 2.70. The summed E-state index contributed by atoms with van der Waals surface area (Å²) in [5, 5.41) is 0. The van der Waals surface area contributed by atoms with Gasteiger partial charge in [-0.3, -0.25) is 0 Å². The molecule has 0 saturated carbocycles. The number of hydrogen-bond donors (Lipinski definition) is 0. The third-order valence-electron chi connectivity index (χ3n) is 1.33. The van der Waals surface area contributed by atoms with Crippen molar-refractivity contribution in [1.82, 2.24) is 0 Å². The summed E-state index contributed by atoms with van der Waals surface area (Å²) in [4.78, 5) is 10.0. The van der Waals surface area contributed by atoms with Crippen molar-refractivity contribution in [1.29, 1.82) is 0 Å². The molecule has 0 radical (unpaired) electrons. The fourth-order valence-corrected chi connectivity index (χ4v) is 0.325. The minimum atomic E-state index is 0.0139. The molecule has 0 bridgehead atoms. The van der Waals surface area contributed by atoms with E-state index < -0.39 is 0 Å². The van der Waals surface area contributed by atoms with Gasteiger partial charge >= 0.3 is 0 Å². The molecule has 0 amide bonds. The lowest BCUT2D eigenvalue weighted by Gasteiger charge is -2.10. The molecule has 0 aliphatic heterocycles. The van der Waals surface area contributed by atoms with Crippen molar-refractivity contribution in [2.24, 2.45) is 5.92 Å². The summed E-state index contributed by atoms with van der Waals surface area (Å²) in [6.07, 6.45) is 0.946. The lowest BCUT2D eigenvalue weighted by Crippen LogP contribution is -2.16. The van der Waals surface area contributed by atoms with E-state index in [0.717, 1.165) is 6.29 Å². The van der Waals surface area contributed by atoms with Crippen molar-refractivity contribution >= 4 is 6.29 Å². The van der Waals surface area contributed by atoms with E-state index >= 15 is 0 Å². The molecule has 0 aromatic heterocycles. The molecule has 0 spiro atoms. The van der Waals surface area contributed by atoms with Crippen molar-refractivity contribution in [2.45, 2.75) is 20.0 Å². The molecule has 0 aliphatic rings. The van der Waals surface area contributed by atoms with Crippen LogP contribution < -0.4 is 0 Å². The Morgan fingerprint density at radius 2 is 2.00 bits per heavy atom. The van der Waals surface area contributed by atoms with Crippen LogP contribution >= 0.6 is 0 Å². The van der Waals surface area contributed by atoms with Crippen LogP contribution in [0.5, 0.6) is 0 Å². The molecule has 0 rings (SSSR count). The highest BCUT2D eigenvalue weighted by molar-refractivity contribution is 5.53. The Kier molecular flexibility index (Phi) is 3.44. The molecule has 0 fully saturated rings. The summed E-state index contributed by atoms with van der Waals surface area (Å²) >= 11 is 0. The number of ether oxygens (including phenoxy) is 1. The number of carbonyl (C=O) groups is 1. The van der Waals surface area contributed by atoms with Crippen LogP contribution in [0.3, 0.4) is 0 Å². The predicted octanol–water partition coefficient (Wildman–Crippen LogP) is 0.856. The molecule has 2 nitrogen and oxygen atoms in total. The third kappa shape index (κ3) is 2.07. The average Bonchev–Trinajstić information content (AvgIpc) is 1.84. The van der Waals surface area contributed by atoms with Crippen molar-refractivity contribution in [3.63, 3.8) is 0 Å². The number of aldehydes is 1. The van der Waals surface area contributed by atoms with E-state index in [-0.39, 0.29) is 12.0 Å². The molecular formula is C6H12O2. The van der Waals surface area contributed by atoms with Crippen LogP contribution in [-0.2, 0) is 9.53 Å². The Morgan fingerprint density at radius 1 is 1.50 bits per heavy atom. The summed E-state index contributed by atoms with van der Waals surface area (Å²) < 4.78 is 4.87. The summed E-state index contributed by atoms with van der Waals surface area (Å²) in [5.41, 5.74) is 0. The molecule has 0 aliphatic carbocycles. The van der Waals surface area contributed by atoms with Gasteiger partial charge in [-0.2, -0.15) is 0 Å². The first-order chi connectivity index (χ1) is 3.72. The maximum Gasteiger partial charge on any atom is 0.125 e. The van der Waals surface area contributed by atoms with Crippen molar-refractivity contribution in [3.05, 3.63) is 0 Å². The van der Waals surface area contributed by atoms with Crippen molar-refractivity contribution < 1.29 is 9.53 Å². The number of hydrogen-bond acceptors (Lipinski definition) is 2.